The quantitative estimate of drug-likeness (QED) is 0.823. The summed E-state index contributed by atoms with van der Waals surface area (Å²) < 4.78 is 5.69. The van der Waals surface area contributed by atoms with Gasteiger partial charge >= 0.3 is 0 Å². The Labute approximate surface area is 141 Å². The molecule has 3 rings (SSSR count). The smallest absolute Gasteiger partial charge is 0.243 e. The van der Waals surface area contributed by atoms with Crippen molar-refractivity contribution in [3.63, 3.8) is 0 Å². The van der Waals surface area contributed by atoms with Crippen molar-refractivity contribution in [3.05, 3.63) is 60.2 Å². The van der Waals surface area contributed by atoms with Crippen molar-refractivity contribution in [2.24, 2.45) is 5.92 Å². The molecule has 0 aromatic heterocycles. The Morgan fingerprint density at radius 1 is 1.00 bits per heavy atom. The van der Waals surface area contributed by atoms with Crippen LogP contribution in [0.1, 0.15) is 18.4 Å². The molecule has 0 atom stereocenters. The summed E-state index contributed by atoms with van der Waals surface area (Å²) in [5.41, 5.74) is 1.77. The fourth-order valence-electron chi connectivity index (χ4n) is 2.24. The van der Waals surface area contributed by atoms with Crippen LogP contribution in [0.15, 0.2) is 54.6 Å². The number of amides is 2. The zero-order valence-corrected chi connectivity index (χ0v) is 13.3. The number of benzene rings is 2. The molecule has 1 fully saturated rings. The van der Waals surface area contributed by atoms with E-state index in [1.54, 1.807) is 24.3 Å². The van der Waals surface area contributed by atoms with Crippen LogP contribution >= 0.6 is 0 Å². The highest BCUT2D eigenvalue weighted by atomic mass is 16.5. The predicted octanol–water partition coefficient (Wildman–Crippen LogP) is 2.73. The Bertz CT molecular complexity index is 694. The molecule has 2 amide bonds. The van der Waals surface area contributed by atoms with Crippen LogP contribution in [-0.2, 0) is 16.2 Å². The fourth-order valence-corrected chi connectivity index (χ4v) is 2.24. The molecule has 1 saturated carbocycles. The van der Waals surface area contributed by atoms with Gasteiger partial charge in [-0.1, -0.05) is 30.3 Å². The molecule has 5 heteroatoms. The number of hydrogen-bond acceptors (Lipinski definition) is 3. The summed E-state index contributed by atoms with van der Waals surface area (Å²) in [7, 11) is 0. The minimum absolute atomic E-state index is 0.00158. The van der Waals surface area contributed by atoms with Gasteiger partial charge in [-0.15, -0.1) is 0 Å². The number of carbonyl (C=O) groups is 2. The number of rotatable bonds is 7. The van der Waals surface area contributed by atoms with Crippen molar-refractivity contribution in [2.45, 2.75) is 19.4 Å². The van der Waals surface area contributed by atoms with E-state index in [1.807, 2.05) is 30.3 Å². The van der Waals surface area contributed by atoms with Gasteiger partial charge < -0.3 is 15.4 Å². The molecular formula is C19H20N2O3. The van der Waals surface area contributed by atoms with E-state index in [-0.39, 0.29) is 24.3 Å². The van der Waals surface area contributed by atoms with Crippen molar-refractivity contribution < 1.29 is 14.3 Å². The Hall–Kier alpha value is -2.82. The normalized spacial score (nSPS) is 13.2. The summed E-state index contributed by atoms with van der Waals surface area (Å²) in [4.78, 5) is 23.3. The second kappa shape index (κ2) is 7.64. The van der Waals surface area contributed by atoms with Crippen molar-refractivity contribution >= 4 is 17.5 Å². The number of hydrogen-bond donors (Lipinski definition) is 2. The maximum atomic E-state index is 11.8. The summed E-state index contributed by atoms with van der Waals surface area (Å²) in [6.45, 7) is 0.501. The minimum atomic E-state index is -0.234. The van der Waals surface area contributed by atoms with E-state index >= 15 is 0 Å². The van der Waals surface area contributed by atoms with Crippen LogP contribution in [0.3, 0.4) is 0 Å². The summed E-state index contributed by atoms with van der Waals surface area (Å²) in [6, 6.07) is 17.1. The number of anilines is 1. The highest BCUT2D eigenvalue weighted by Gasteiger charge is 2.29. The first-order chi connectivity index (χ1) is 11.7. The third-order valence-electron chi connectivity index (χ3n) is 3.76. The average Bonchev–Trinajstić information content (AvgIpc) is 3.45. The van der Waals surface area contributed by atoms with E-state index in [4.69, 9.17) is 4.74 Å². The number of nitrogens with one attached hydrogen (secondary N) is 2. The fraction of sp³-hybridized carbons (Fsp3) is 0.263. The Kier molecular flexibility index (Phi) is 5.11. The second-order valence-electron chi connectivity index (χ2n) is 5.84. The van der Waals surface area contributed by atoms with Crippen molar-refractivity contribution in [1.29, 1.82) is 0 Å². The SMILES string of the molecule is O=C(CNC(=O)C1CC1)Nc1ccc(OCc2ccccc2)cc1. The predicted molar refractivity (Wildman–Crippen MR) is 91.6 cm³/mol. The largest absolute Gasteiger partial charge is 0.489 e. The van der Waals surface area contributed by atoms with Gasteiger partial charge in [0.15, 0.2) is 0 Å². The van der Waals surface area contributed by atoms with Crippen molar-refractivity contribution in [1.82, 2.24) is 5.32 Å². The molecule has 24 heavy (non-hydrogen) atoms. The van der Waals surface area contributed by atoms with Crippen LogP contribution in [0, 0.1) is 5.92 Å². The van der Waals surface area contributed by atoms with Crippen molar-refractivity contribution in [2.75, 3.05) is 11.9 Å². The first kappa shape index (κ1) is 16.1. The Balaban J connectivity index is 1.43. The maximum absolute atomic E-state index is 11.8. The van der Waals surface area contributed by atoms with Crippen LogP contribution < -0.4 is 15.4 Å². The van der Waals surface area contributed by atoms with Gasteiger partial charge in [-0.25, -0.2) is 0 Å². The Morgan fingerprint density at radius 2 is 1.71 bits per heavy atom. The van der Waals surface area contributed by atoms with Gasteiger partial charge in [-0.3, -0.25) is 9.59 Å². The highest BCUT2D eigenvalue weighted by molar-refractivity contribution is 5.95. The first-order valence-electron chi connectivity index (χ1n) is 8.05. The molecule has 0 heterocycles. The van der Waals surface area contributed by atoms with E-state index in [0.29, 0.717) is 12.3 Å². The van der Waals surface area contributed by atoms with E-state index in [9.17, 15) is 9.59 Å². The molecule has 0 spiro atoms. The lowest BCUT2D eigenvalue weighted by atomic mass is 10.2. The number of ether oxygens (including phenoxy) is 1. The van der Waals surface area contributed by atoms with E-state index in [2.05, 4.69) is 10.6 Å². The van der Waals surface area contributed by atoms with Crippen LogP contribution in [0.25, 0.3) is 0 Å². The van der Waals surface area contributed by atoms with Gasteiger partial charge in [0.2, 0.25) is 11.8 Å². The lowest BCUT2D eigenvalue weighted by Gasteiger charge is -2.09. The van der Waals surface area contributed by atoms with E-state index < -0.39 is 0 Å². The molecule has 0 saturated heterocycles. The molecule has 0 aliphatic heterocycles. The van der Waals surface area contributed by atoms with E-state index in [1.165, 1.54) is 0 Å². The van der Waals surface area contributed by atoms with Crippen LogP contribution in [0.4, 0.5) is 5.69 Å². The number of carbonyl (C=O) groups excluding carboxylic acids is 2. The van der Waals surface area contributed by atoms with Crippen LogP contribution in [0.2, 0.25) is 0 Å². The zero-order valence-electron chi connectivity index (χ0n) is 13.3. The van der Waals surface area contributed by atoms with E-state index in [0.717, 1.165) is 24.2 Å². The third kappa shape index (κ3) is 4.84. The molecule has 5 nitrogen and oxygen atoms in total. The Morgan fingerprint density at radius 3 is 2.38 bits per heavy atom. The molecule has 2 N–H and O–H groups in total. The molecule has 0 unspecified atom stereocenters. The third-order valence-corrected chi connectivity index (χ3v) is 3.76. The second-order valence-corrected chi connectivity index (χ2v) is 5.84. The molecule has 0 radical (unpaired) electrons. The molecule has 1 aliphatic rings. The molecule has 124 valence electrons. The van der Waals surface area contributed by atoms with Gasteiger partial charge in [-0.2, -0.15) is 0 Å². The van der Waals surface area contributed by atoms with Gasteiger partial charge in [0.25, 0.3) is 0 Å². The summed E-state index contributed by atoms with van der Waals surface area (Å²) in [5, 5.41) is 5.39. The minimum Gasteiger partial charge on any atom is -0.489 e. The average molecular weight is 324 g/mol. The highest BCUT2D eigenvalue weighted by Crippen LogP contribution is 2.28. The lowest BCUT2D eigenvalue weighted by Crippen LogP contribution is -2.33. The summed E-state index contributed by atoms with van der Waals surface area (Å²) in [6.07, 6.45) is 1.86. The van der Waals surface area contributed by atoms with Gasteiger partial charge in [0.05, 0.1) is 6.54 Å². The summed E-state index contributed by atoms with van der Waals surface area (Å²) >= 11 is 0. The molecule has 2 aromatic rings. The molecule has 2 aromatic carbocycles. The molecular weight excluding hydrogens is 304 g/mol. The molecule has 0 bridgehead atoms. The van der Waals surface area contributed by atoms with Crippen molar-refractivity contribution in [3.8, 4) is 5.75 Å². The lowest BCUT2D eigenvalue weighted by molar-refractivity contribution is -0.125. The monoisotopic (exact) mass is 324 g/mol. The zero-order chi connectivity index (χ0) is 16.8. The molecule has 1 aliphatic carbocycles. The maximum Gasteiger partial charge on any atom is 0.243 e. The van der Waals surface area contributed by atoms with Gasteiger partial charge in [0, 0.05) is 11.6 Å². The van der Waals surface area contributed by atoms with Gasteiger partial charge in [0.1, 0.15) is 12.4 Å². The van der Waals surface area contributed by atoms with Crippen LogP contribution in [0.5, 0.6) is 5.75 Å². The van der Waals surface area contributed by atoms with Gasteiger partial charge in [-0.05, 0) is 42.7 Å². The van der Waals surface area contributed by atoms with Crippen LogP contribution in [-0.4, -0.2) is 18.4 Å². The standard InChI is InChI=1S/C19H20N2O3/c22-18(12-20-19(23)15-6-7-15)21-16-8-10-17(11-9-16)24-13-14-4-2-1-3-5-14/h1-5,8-11,15H,6-7,12-13H2,(H,20,23)(H,21,22). The topological polar surface area (TPSA) is 67.4 Å². The first-order valence-corrected chi connectivity index (χ1v) is 8.05. The summed E-state index contributed by atoms with van der Waals surface area (Å²) in [5.74, 6) is 0.578.